The number of hydrogen-bond donors (Lipinski definition) is 3. The normalized spacial score (nSPS) is 11.7. The van der Waals surface area contributed by atoms with Crippen molar-refractivity contribution in [3.8, 4) is 0 Å². The minimum atomic E-state index is -0.447. The molecule has 1 aromatic heterocycles. The molecule has 2 amide bonds. The van der Waals surface area contributed by atoms with Gasteiger partial charge in [0.1, 0.15) is 0 Å². The van der Waals surface area contributed by atoms with E-state index in [1.807, 2.05) is 6.92 Å². The predicted octanol–water partition coefficient (Wildman–Crippen LogP) is 3.10. The average Bonchev–Trinajstić information content (AvgIpc) is 2.60. The minimum absolute atomic E-state index is 0.155. The lowest BCUT2D eigenvalue weighted by Gasteiger charge is -2.12. The Kier molecular flexibility index (Phi) is 7.93. The number of thioether (sulfide) groups is 2. The van der Waals surface area contributed by atoms with Gasteiger partial charge in [-0.05, 0) is 36.9 Å². The highest BCUT2D eigenvalue weighted by molar-refractivity contribution is 8.00. The van der Waals surface area contributed by atoms with Crippen molar-refractivity contribution in [1.82, 2.24) is 9.97 Å². The van der Waals surface area contributed by atoms with Gasteiger partial charge in [-0.25, -0.2) is 4.98 Å². The monoisotopic (exact) mass is 406 g/mol. The van der Waals surface area contributed by atoms with Crippen molar-refractivity contribution in [2.45, 2.75) is 36.9 Å². The molecule has 3 N–H and O–H groups in total. The fourth-order valence-corrected chi connectivity index (χ4v) is 3.52. The number of H-pyrrole nitrogens is 1. The Morgan fingerprint density at radius 1 is 1.19 bits per heavy atom. The molecule has 0 saturated carbocycles. The molecule has 0 aliphatic heterocycles. The van der Waals surface area contributed by atoms with Gasteiger partial charge in [-0.15, -0.1) is 0 Å². The second-order valence-corrected chi connectivity index (χ2v) is 8.29. The molecular formula is C18H22N4O3S2. The zero-order valence-corrected chi connectivity index (χ0v) is 17.0. The summed E-state index contributed by atoms with van der Waals surface area (Å²) in [5.74, 6) is 1.24. The molecule has 0 aliphatic carbocycles. The van der Waals surface area contributed by atoms with Gasteiger partial charge in [0.25, 0.3) is 5.56 Å². The lowest BCUT2D eigenvalue weighted by molar-refractivity contribution is -0.115. The zero-order chi connectivity index (χ0) is 19.8. The van der Waals surface area contributed by atoms with Crippen molar-refractivity contribution in [2.24, 2.45) is 0 Å². The van der Waals surface area contributed by atoms with E-state index in [4.69, 9.17) is 0 Å². The molecule has 1 aromatic carbocycles. The smallest absolute Gasteiger partial charge is 0.251 e. The van der Waals surface area contributed by atoms with Crippen LogP contribution in [-0.4, -0.2) is 32.8 Å². The van der Waals surface area contributed by atoms with Crippen LogP contribution in [0.3, 0.4) is 0 Å². The Labute approximate surface area is 166 Å². The SMILES string of the molecule is CCSCc1cc(=O)[nH]c(SC(C)C(=O)Nc2ccc(NC(C)=O)cc2)n1. The number of anilines is 2. The number of benzene rings is 1. The molecule has 7 nitrogen and oxygen atoms in total. The summed E-state index contributed by atoms with van der Waals surface area (Å²) >= 11 is 2.88. The number of carbonyl (C=O) groups is 2. The Hall–Kier alpha value is -2.26. The van der Waals surface area contributed by atoms with Gasteiger partial charge < -0.3 is 15.6 Å². The summed E-state index contributed by atoms with van der Waals surface area (Å²) in [6, 6.07) is 8.33. The van der Waals surface area contributed by atoms with Crippen LogP contribution >= 0.6 is 23.5 Å². The third-order valence-corrected chi connectivity index (χ3v) is 5.25. The first kappa shape index (κ1) is 21.0. The molecule has 27 heavy (non-hydrogen) atoms. The summed E-state index contributed by atoms with van der Waals surface area (Å²) in [7, 11) is 0. The van der Waals surface area contributed by atoms with Crippen LogP contribution in [-0.2, 0) is 15.3 Å². The van der Waals surface area contributed by atoms with Crippen molar-refractivity contribution < 1.29 is 9.59 Å². The van der Waals surface area contributed by atoms with E-state index in [-0.39, 0.29) is 17.4 Å². The van der Waals surface area contributed by atoms with Crippen molar-refractivity contribution in [2.75, 3.05) is 16.4 Å². The number of nitrogens with zero attached hydrogens (tertiary/aromatic N) is 1. The van der Waals surface area contributed by atoms with E-state index in [1.165, 1.54) is 24.8 Å². The predicted molar refractivity (Wildman–Crippen MR) is 111 cm³/mol. The van der Waals surface area contributed by atoms with Gasteiger partial charge in [0.2, 0.25) is 11.8 Å². The molecule has 0 fully saturated rings. The fourth-order valence-electron chi connectivity index (χ4n) is 2.12. The van der Waals surface area contributed by atoms with Crippen molar-refractivity contribution in [3.05, 3.63) is 46.4 Å². The number of amides is 2. The first-order chi connectivity index (χ1) is 12.9. The van der Waals surface area contributed by atoms with Gasteiger partial charge in [0.05, 0.1) is 10.9 Å². The first-order valence-electron chi connectivity index (χ1n) is 8.40. The van der Waals surface area contributed by atoms with E-state index < -0.39 is 5.25 Å². The molecule has 1 atom stereocenters. The molecule has 9 heteroatoms. The lowest BCUT2D eigenvalue weighted by Crippen LogP contribution is -2.23. The topological polar surface area (TPSA) is 104 Å². The second kappa shape index (κ2) is 10.2. The standard InChI is InChI=1S/C18H22N4O3S2/c1-4-26-10-15-9-16(24)22-18(21-15)27-11(2)17(25)20-14-7-5-13(6-8-14)19-12(3)23/h5-9,11H,4,10H2,1-3H3,(H,19,23)(H,20,25)(H,21,22,24). The van der Waals surface area contributed by atoms with E-state index in [2.05, 4.69) is 20.6 Å². The second-order valence-electron chi connectivity index (χ2n) is 5.69. The molecule has 0 aliphatic rings. The Balaban J connectivity index is 1.98. The van der Waals surface area contributed by atoms with E-state index in [9.17, 15) is 14.4 Å². The molecule has 0 saturated heterocycles. The molecule has 2 aromatic rings. The molecule has 0 spiro atoms. The van der Waals surface area contributed by atoms with Gasteiger partial charge in [-0.1, -0.05) is 18.7 Å². The van der Waals surface area contributed by atoms with Gasteiger partial charge in [-0.3, -0.25) is 14.4 Å². The molecule has 2 rings (SSSR count). The van der Waals surface area contributed by atoms with E-state index in [1.54, 1.807) is 43.0 Å². The van der Waals surface area contributed by atoms with Crippen LogP contribution in [0.25, 0.3) is 0 Å². The highest BCUT2D eigenvalue weighted by Gasteiger charge is 2.16. The van der Waals surface area contributed by atoms with Crippen LogP contribution in [0.1, 0.15) is 26.5 Å². The largest absolute Gasteiger partial charge is 0.326 e. The van der Waals surface area contributed by atoms with E-state index in [0.717, 1.165) is 5.75 Å². The number of nitrogens with one attached hydrogen (secondary N) is 3. The van der Waals surface area contributed by atoms with Crippen LogP contribution in [0.2, 0.25) is 0 Å². The Bertz CT molecular complexity index is 852. The van der Waals surface area contributed by atoms with Gasteiger partial charge in [0, 0.05) is 30.1 Å². The van der Waals surface area contributed by atoms with Crippen LogP contribution in [0.4, 0.5) is 11.4 Å². The maximum Gasteiger partial charge on any atom is 0.251 e. The van der Waals surface area contributed by atoms with E-state index >= 15 is 0 Å². The fraction of sp³-hybridized carbons (Fsp3) is 0.333. The summed E-state index contributed by atoms with van der Waals surface area (Å²) in [5.41, 5.74) is 1.76. The highest BCUT2D eigenvalue weighted by Crippen LogP contribution is 2.21. The number of rotatable bonds is 8. The Morgan fingerprint density at radius 3 is 2.41 bits per heavy atom. The number of hydrogen-bond acceptors (Lipinski definition) is 6. The Morgan fingerprint density at radius 2 is 1.81 bits per heavy atom. The average molecular weight is 407 g/mol. The highest BCUT2D eigenvalue weighted by atomic mass is 32.2. The van der Waals surface area contributed by atoms with Crippen molar-refractivity contribution in [1.29, 1.82) is 0 Å². The van der Waals surface area contributed by atoms with Crippen molar-refractivity contribution >= 4 is 46.7 Å². The van der Waals surface area contributed by atoms with Gasteiger partial charge in [0.15, 0.2) is 5.16 Å². The third kappa shape index (κ3) is 7.10. The summed E-state index contributed by atoms with van der Waals surface area (Å²) < 4.78 is 0. The molecule has 1 heterocycles. The summed E-state index contributed by atoms with van der Waals surface area (Å²) in [5, 5.41) is 5.46. The summed E-state index contributed by atoms with van der Waals surface area (Å²) in [6.07, 6.45) is 0. The number of carbonyl (C=O) groups excluding carboxylic acids is 2. The first-order valence-corrected chi connectivity index (χ1v) is 10.4. The third-order valence-electron chi connectivity index (χ3n) is 3.36. The summed E-state index contributed by atoms with van der Waals surface area (Å²) in [6.45, 7) is 5.23. The van der Waals surface area contributed by atoms with Crippen LogP contribution < -0.4 is 16.2 Å². The van der Waals surface area contributed by atoms with Crippen LogP contribution in [0.15, 0.2) is 40.3 Å². The molecule has 144 valence electrons. The van der Waals surface area contributed by atoms with Crippen LogP contribution in [0.5, 0.6) is 0 Å². The maximum atomic E-state index is 12.4. The molecule has 0 bridgehead atoms. The van der Waals surface area contributed by atoms with Gasteiger partial charge in [-0.2, -0.15) is 11.8 Å². The zero-order valence-electron chi connectivity index (χ0n) is 15.4. The molecule has 0 radical (unpaired) electrons. The van der Waals surface area contributed by atoms with Crippen LogP contribution in [0, 0.1) is 0 Å². The van der Waals surface area contributed by atoms with Gasteiger partial charge >= 0.3 is 0 Å². The van der Waals surface area contributed by atoms with Crippen molar-refractivity contribution in [3.63, 3.8) is 0 Å². The quantitative estimate of drug-likeness (QED) is 0.460. The molecule has 1 unspecified atom stereocenters. The maximum absolute atomic E-state index is 12.4. The van der Waals surface area contributed by atoms with E-state index in [0.29, 0.717) is 28.0 Å². The lowest BCUT2D eigenvalue weighted by atomic mass is 10.2. The summed E-state index contributed by atoms with van der Waals surface area (Å²) in [4.78, 5) is 42.3. The molecular weight excluding hydrogens is 384 g/mol. The number of aromatic amines is 1. The minimum Gasteiger partial charge on any atom is -0.326 e. The number of aromatic nitrogens is 2.